The minimum atomic E-state index is -1.12. The fourth-order valence-corrected chi connectivity index (χ4v) is 1.28. The van der Waals surface area contributed by atoms with Gasteiger partial charge in [0.05, 0.1) is 24.3 Å². The summed E-state index contributed by atoms with van der Waals surface area (Å²) >= 11 is 0. The Kier molecular flexibility index (Phi) is 4.01. The van der Waals surface area contributed by atoms with Crippen LogP contribution in [0.1, 0.15) is 21.5 Å². The van der Waals surface area contributed by atoms with Gasteiger partial charge in [-0.15, -0.1) is 0 Å². The Bertz CT molecular complexity index is 526. The number of ether oxygens (including phenoxy) is 1. The van der Waals surface area contributed by atoms with Crippen molar-refractivity contribution in [2.24, 2.45) is 0 Å². The topological polar surface area (TPSA) is 87.4 Å². The first-order chi connectivity index (χ1) is 8.12. The van der Waals surface area contributed by atoms with Crippen molar-refractivity contribution in [2.75, 3.05) is 7.11 Å². The summed E-state index contributed by atoms with van der Waals surface area (Å²) in [5.41, 5.74) is 0.847. The quantitative estimate of drug-likeness (QED) is 0.626. The van der Waals surface area contributed by atoms with Crippen molar-refractivity contribution < 1.29 is 19.4 Å². The van der Waals surface area contributed by atoms with Gasteiger partial charge in [-0.25, -0.2) is 4.79 Å². The van der Waals surface area contributed by atoms with E-state index in [1.807, 2.05) is 6.07 Å². The third-order valence-electron chi connectivity index (χ3n) is 2.05. The summed E-state index contributed by atoms with van der Waals surface area (Å²) in [4.78, 5) is 21.1. The summed E-state index contributed by atoms with van der Waals surface area (Å²) in [6.07, 6.45) is 2.76. The van der Waals surface area contributed by atoms with E-state index < -0.39 is 5.97 Å². The van der Waals surface area contributed by atoms with Crippen molar-refractivity contribution in [1.29, 1.82) is 5.26 Å². The van der Waals surface area contributed by atoms with Crippen LogP contribution in [0.25, 0.3) is 6.08 Å². The number of hydrogen-bond acceptors (Lipinski definition) is 4. The number of nitriles is 1. The highest BCUT2D eigenvalue weighted by atomic mass is 16.5. The van der Waals surface area contributed by atoms with Gasteiger partial charge in [0.15, 0.2) is 6.29 Å². The third-order valence-corrected chi connectivity index (χ3v) is 2.05. The number of rotatable bonds is 4. The third kappa shape index (κ3) is 2.92. The predicted molar refractivity (Wildman–Crippen MR) is 59.8 cm³/mol. The summed E-state index contributed by atoms with van der Waals surface area (Å²) in [5, 5.41) is 17.4. The molecule has 0 aliphatic heterocycles. The zero-order chi connectivity index (χ0) is 12.8. The van der Waals surface area contributed by atoms with Gasteiger partial charge in [-0.1, -0.05) is 0 Å². The number of methoxy groups -OCH3 is 1. The molecule has 0 saturated carbocycles. The van der Waals surface area contributed by atoms with Gasteiger partial charge in [0, 0.05) is 6.08 Å². The van der Waals surface area contributed by atoms with Crippen molar-refractivity contribution >= 4 is 18.3 Å². The first kappa shape index (κ1) is 12.5. The van der Waals surface area contributed by atoms with E-state index in [1.54, 1.807) is 0 Å². The van der Waals surface area contributed by atoms with Gasteiger partial charge in [0.25, 0.3) is 0 Å². The predicted octanol–water partition coefficient (Wildman–Crippen LogP) is 1.48. The van der Waals surface area contributed by atoms with Crippen LogP contribution >= 0.6 is 0 Å². The van der Waals surface area contributed by atoms with Crippen LogP contribution in [0.5, 0.6) is 5.75 Å². The van der Waals surface area contributed by atoms with Crippen LogP contribution in [0.2, 0.25) is 0 Å². The van der Waals surface area contributed by atoms with Crippen molar-refractivity contribution in [1.82, 2.24) is 0 Å². The SMILES string of the molecule is COc1cc(/C=C/C(=O)O)c(C#N)cc1C=O. The zero-order valence-corrected chi connectivity index (χ0v) is 9.01. The van der Waals surface area contributed by atoms with Crippen LogP contribution in [0.3, 0.4) is 0 Å². The second kappa shape index (κ2) is 5.47. The lowest BCUT2D eigenvalue weighted by Gasteiger charge is -2.06. The van der Waals surface area contributed by atoms with Gasteiger partial charge in [0.2, 0.25) is 0 Å². The number of nitrogens with zero attached hydrogens (tertiary/aromatic N) is 1. The standard InChI is InChI=1S/C12H9NO4/c1-17-11-5-8(2-3-12(15)16)9(6-13)4-10(11)7-14/h2-5,7H,1H3,(H,15,16)/b3-2+. The maximum absolute atomic E-state index is 10.7. The number of aliphatic carboxylic acids is 1. The van der Waals surface area contributed by atoms with Gasteiger partial charge in [0.1, 0.15) is 5.75 Å². The molecule has 0 bridgehead atoms. The molecule has 0 amide bonds. The molecule has 1 aromatic rings. The molecule has 86 valence electrons. The van der Waals surface area contributed by atoms with E-state index in [-0.39, 0.29) is 11.1 Å². The average molecular weight is 231 g/mol. The fraction of sp³-hybridized carbons (Fsp3) is 0.0833. The monoisotopic (exact) mass is 231 g/mol. The van der Waals surface area contributed by atoms with Crippen LogP contribution in [-0.4, -0.2) is 24.5 Å². The molecule has 5 nitrogen and oxygen atoms in total. The molecule has 0 saturated heterocycles. The summed E-state index contributed by atoms with van der Waals surface area (Å²) < 4.78 is 4.96. The Morgan fingerprint density at radius 1 is 1.47 bits per heavy atom. The van der Waals surface area contributed by atoms with E-state index in [4.69, 9.17) is 15.1 Å². The van der Waals surface area contributed by atoms with Crippen molar-refractivity contribution in [3.05, 3.63) is 34.9 Å². The first-order valence-corrected chi connectivity index (χ1v) is 4.60. The van der Waals surface area contributed by atoms with Crippen LogP contribution in [-0.2, 0) is 4.79 Å². The Morgan fingerprint density at radius 3 is 2.65 bits per heavy atom. The maximum atomic E-state index is 10.7. The average Bonchev–Trinajstić information content (AvgIpc) is 2.34. The lowest BCUT2D eigenvalue weighted by molar-refractivity contribution is -0.131. The summed E-state index contributed by atoms with van der Waals surface area (Å²) in [5.74, 6) is -0.823. The van der Waals surface area contributed by atoms with Crippen LogP contribution < -0.4 is 4.74 Å². The van der Waals surface area contributed by atoms with E-state index in [9.17, 15) is 9.59 Å². The Hall–Kier alpha value is -2.61. The van der Waals surface area contributed by atoms with Gasteiger partial charge < -0.3 is 9.84 Å². The number of carboxylic acid groups (broad SMARTS) is 1. The number of carbonyl (C=O) groups is 2. The van der Waals surface area contributed by atoms with E-state index >= 15 is 0 Å². The van der Waals surface area contributed by atoms with E-state index in [0.29, 0.717) is 17.6 Å². The van der Waals surface area contributed by atoms with Gasteiger partial charge in [-0.3, -0.25) is 4.79 Å². The summed E-state index contributed by atoms with van der Waals surface area (Å²) in [6.45, 7) is 0. The molecule has 0 aromatic heterocycles. The Balaban J connectivity index is 3.34. The molecule has 0 atom stereocenters. The first-order valence-electron chi connectivity index (χ1n) is 4.60. The van der Waals surface area contributed by atoms with Crippen LogP contribution in [0.4, 0.5) is 0 Å². The van der Waals surface area contributed by atoms with Gasteiger partial charge in [-0.05, 0) is 23.8 Å². The summed E-state index contributed by atoms with van der Waals surface area (Å²) in [7, 11) is 1.39. The van der Waals surface area contributed by atoms with Crippen molar-refractivity contribution in [3.63, 3.8) is 0 Å². The smallest absolute Gasteiger partial charge is 0.328 e. The lowest BCUT2D eigenvalue weighted by Crippen LogP contribution is -1.95. The van der Waals surface area contributed by atoms with Crippen LogP contribution in [0, 0.1) is 11.3 Å². The van der Waals surface area contributed by atoms with E-state index in [1.165, 1.54) is 25.3 Å². The van der Waals surface area contributed by atoms with E-state index in [0.717, 1.165) is 6.08 Å². The molecule has 0 aliphatic rings. The number of carboxylic acids is 1. The minimum Gasteiger partial charge on any atom is -0.496 e. The van der Waals surface area contributed by atoms with Gasteiger partial charge >= 0.3 is 5.97 Å². The highest BCUT2D eigenvalue weighted by Crippen LogP contribution is 2.23. The van der Waals surface area contributed by atoms with Crippen molar-refractivity contribution in [3.8, 4) is 11.8 Å². The number of hydrogen-bond donors (Lipinski definition) is 1. The van der Waals surface area contributed by atoms with E-state index in [2.05, 4.69) is 0 Å². The molecule has 0 unspecified atom stereocenters. The second-order valence-corrected chi connectivity index (χ2v) is 3.08. The number of carbonyl (C=O) groups excluding carboxylic acids is 1. The molecule has 0 fully saturated rings. The molecular formula is C12H9NO4. The Labute approximate surface area is 97.6 Å². The summed E-state index contributed by atoms with van der Waals surface area (Å²) in [6, 6.07) is 4.69. The van der Waals surface area contributed by atoms with Crippen molar-refractivity contribution in [2.45, 2.75) is 0 Å². The fourth-order valence-electron chi connectivity index (χ4n) is 1.28. The Morgan fingerprint density at radius 2 is 2.18 bits per heavy atom. The normalized spacial score (nSPS) is 9.88. The molecule has 1 rings (SSSR count). The molecular weight excluding hydrogens is 222 g/mol. The molecule has 1 N–H and O–H groups in total. The molecule has 17 heavy (non-hydrogen) atoms. The lowest BCUT2D eigenvalue weighted by atomic mass is 10.0. The molecule has 5 heteroatoms. The molecule has 0 spiro atoms. The molecule has 0 aliphatic carbocycles. The largest absolute Gasteiger partial charge is 0.496 e. The highest BCUT2D eigenvalue weighted by molar-refractivity contribution is 5.87. The zero-order valence-electron chi connectivity index (χ0n) is 9.01. The maximum Gasteiger partial charge on any atom is 0.328 e. The number of benzene rings is 1. The molecule has 0 radical (unpaired) electrons. The van der Waals surface area contributed by atoms with Crippen LogP contribution in [0.15, 0.2) is 18.2 Å². The van der Waals surface area contributed by atoms with Gasteiger partial charge in [-0.2, -0.15) is 5.26 Å². The highest BCUT2D eigenvalue weighted by Gasteiger charge is 2.08. The molecule has 0 heterocycles. The second-order valence-electron chi connectivity index (χ2n) is 3.08. The minimum absolute atomic E-state index is 0.213. The number of aldehydes is 1. The molecule has 1 aromatic carbocycles.